The lowest BCUT2D eigenvalue weighted by Gasteiger charge is -2.31. The van der Waals surface area contributed by atoms with Crippen LogP contribution in [-0.2, 0) is 35.9 Å². The van der Waals surface area contributed by atoms with Gasteiger partial charge in [0.15, 0.2) is 0 Å². The van der Waals surface area contributed by atoms with E-state index in [0.717, 1.165) is 91.9 Å². The monoisotopic (exact) mass is 663 g/mol. The summed E-state index contributed by atoms with van der Waals surface area (Å²) in [5.74, 6) is -1.28. The molecule has 3 aliphatic heterocycles. The molecule has 1 aliphatic carbocycles. The second-order valence-electron chi connectivity index (χ2n) is 14.1. The molecule has 2 aromatic rings. The van der Waals surface area contributed by atoms with Crippen molar-refractivity contribution in [3.63, 3.8) is 0 Å². The highest BCUT2D eigenvalue weighted by Crippen LogP contribution is 2.48. The topological polar surface area (TPSA) is 144 Å². The van der Waals surface area contributed by atoms with E-state index in [1.807, 2.05) is 18.2 Å². The number of carboxylic acids is 1. The van der Waals surface area contributed by atoms with Gasteiger partial charge in [-0.25, -0.2) is 9.59 Å². The largest absolute Gasteiger partial charge is 0.496 e. The minimum Gasteiger partial charge on any atom is -0.496 e. The van der Waals surface area contributed by atoms with Crippen molar-refractivity contribution in [3.8, 4) is 5.75 Å². The number of cyclic esters (lactones) is 1. The van der Waals surface area contributed by atoms with E-state index in [1.165, 1.54) is 4.90 Å². The average molecular weight is 664 g/mol. The number of nitrogens with one attached hydrogen (secondary N) is 2. The van der Waals surface area contributed by atoms with E-state index in [0.29, 0.717) is 19.3 Å². The highest BCUT2D eigenvalue weighted by Gasteiger charge is 2.62. The third kappa shape index (κ3) is 6.84. The lowest BCUT2D eigenvalue weighted by Crippen LogP contribution is -2.56. The molecule has 0 radical (unpaired) electrons. The minimum atomic E-state index is -1.34. The van der Waals surface area contributed by atoms with Crippen LogP contribution in [0.15, 0.2) is 30.3 Å². The number of ether oxygens (including phenoxy) is 3. The number of alkyl carbamates (subject to hydrolysis) is 1. The number of carbonyl (C=O) groups excluding carboxylic acids is 3. The zero-order valence-electron chi connectivity index (χ0n) is 28.2. The van der Waals surface area contributed by atoms with E-state index < -0.39 is 47.1 Å². The molecule has 5 atom stereocenters. The van der Waals surface area contributed by atoms with Gasteiger partial charge in [-0.1, -0.05) is 57.1 Å². The van der Waals surface area contributed by atoms with Crippen LogP contribution in [0, 0.1) is 5.92 Å². The number of amides is 3. The number of rotatable bonds is 3. The zero-order chi connectivity index (χ0) is 33.9. The lowest BCUT2D eigenvalue weighted by molar-refractivity contribution is -0.146. The first kappa shape index (κ1) is 34.0. The SMILES string of the molecule is COc1cc2ccc3cc2cc1CCCCCCOC(=O)N[C@H]1CCCCCCC[C@@H]2C[C@@]2(C(=O)O)NC(=O)[C@@H]2C[C@]3(OC)CN2C1=O. The number of aryl methyl sites for hydroxylation is 1. The molecule has 0 unspecified atom stereocenters. The maximum Gasteiger partial charge on any atom is 0.407 e. The Morgan fingerprint density at radius 3 is 2.44 bits per heavy atom. The zero-order valence-corrected chi connectivity index (χ0v) is 28.2. The van der Waals surface area contributed by atoms with Crippen LogP contribution >= 0.6 is 0 Å². The number of fused-ring (bicyclic) bond motifs is 6. The molecule has 3 N–H and O–H groups in total. The van der Waals surface area contributed by atoms with Gasteiger partial charge in [-0.05, 0) is 84.5 Å². The summed E-state index contributed by atoms with van der Waals surface area (Å²) in [6.07, 6.45) is 9.71. The van der Waals surface area contributed by atoms with Crippen LogP contribution in [0.5, 0.6) is 5.75 Å². The molecule has 48 heavy (non-hydrogen) atoms. The van der Waals surface area contributed by atoms with E-state index in [9.17, 15) is 24.3 Å². The molecule has 11 nitrogen and oxygen atoms in total. The summed E-state index contributed by atoms with van der Waals surface area (Å²) in [5, 5.41) is 18.0. The molecular weight excluding hydrogens is 614 g/mol. The molecule has 6 rings (SSSR count). The van der Waals surface area contributed by atoms with Crippen molar-refractivity contribution >= 4 is 34.6 Å². The summed E-state index contributed by atoms with van der Waals surface area (Å²) < 4.78 is 17.5. The summed E-state index contributed by atoms with van der Waals surface area (Å²) in [4.78, 5) is 55.7. The van der Waals surface area contributed by atoms with E-state index in [-0.39, 0.29) is 25.5 Å². The number of hydrogen-bond donors (Lipinski definition) is 3. The summed E-state index contributed by atoms with van der Waals surface area (Å²) in [5.41, 5.74) is -0.480. The third-order valence-corrected chi connectivity index (χ3v) is 11.1. The Balaban J connectivity index is 1.42. The quantitative estimate of drug-likeness (QED) is 0.407. The van der Waals surface area contributed by atoms with Gasteiger partial charge in [0.05, 0.1) is 20.3 Å². The van der Waals surface area contributed by atoms with Gasteiger partial charge >= 0.3 is 12.1 Å². The Kier molecular flexibility index (Phi) is 10.1. The van der Waals surface area contributed by atoms with Crippen molar-refractivity contribution in [1.82, 2.24) is 15.5 Å². The van der Waals surface area contributed by atoms with Crippen LogP contribution in [0.2, 0.25) is 0 Å². The summed E-state index contributed by atoms with van der Waals surface area (Å²) in [6.45, 7) is 0.305. The smallest absolute Gasteiger partial charge is 0.407 e. The number of methoxy groups -OCH3 is 2. The van der Waals surface area contributed by atoms with Crippen LogP contribution in [-0.4, -0.2) is 78.9 Å². The fraction of sp³-hybridized carbons (Fsp3) is 0.622. The van der Waals surface area contributed by atoms with Gasteiger partial charge in [0.1, 0.15) is 29.0 Å². The fourth-order valence-electron chi connectivity index (χ4n) is 8.10. The first-order valence-electron chi connectivity index (χ1n) is 17.7. The molecule has 4 aliphatic rings. The third-order valence-electron chi connectivity index (χ3n) is 11.1. The normalized spacial score (nSPS) is 30.6. The standard InChI is InChI=1S/C37H49N3O8/c1-46-31-20-24-15-16-27-19-26(24)18-25(31)12-8-6-7-11-17-48-35(45)38-29-14-10-5-3-4-9-13-28-21-37(28,34(43)44)39-32(41)30-22-36(27,47-2)23-40(30)33(29)42/h15-16,18-20,28-30H,3-14,17,21-23H2,1-2H3,(H,38,45)(H,39,41)(H,43,44)/t28-,29+,30+,36+,37-/m1/s1. The van der Waals surface area contributed by atoms with Crippen LogP contribution in [0.1, 0.15) is 94.6 Å². The maximum atomic E-state index is 14.5. The second kappa shape index (κ2) is 14.3. The van der Waals surface area contributed by atoms with Gasteiger partial charge in [-0.3, -0.25) is 9.59 Å². The van der Waals surface area contributed by atoms with Gasteiger partial charge in [-0.15, -0.1) is 0 Å². The predicted octanol–water partition coefficient (Wildman–Crippen LogP) is 5.21. The Bertz CT molecular complexity index is 1550. The Labute approximate surface area is 282 Å². The van der Waals surface area contributed by atoms with Gasteiger partial charge in [0.25, 0.3) is 0 Å². The van der Waals surface area contributed by atoms with Crippen molar-refractivity contribution in [3.05, 3.63) is 41.5 Å². The second-order valence-corrected chi connectivity index (χ2v) is 14.1. The van der Waals surface area contributed by atoms with Crippen LogP contribution in [0.25, 0.3) is 10.8 Å². The summed E-state index contributed by atoms with van der Waals surface area (Å²) >= 11 is 0. The number of carbonyl (C=O) groups is 4. The Morgan fingerprint density at radius 2 is 1.67 bits per heavy atom. The number of aliphatic carboxylic acids is 1. The van der Waals surface area contributed by atoms with Crippen molar-refractivity contribution in [2.75, 3.05) is 27.4 Å². The molecule has 2 saturated heterocycles. The predicted molar refractivity (Wildman–Crippen MR) is 179 cm³/mol. The molecule has 3 heterocycles. The average Bonchev–Trinajstić information content (AvgIpc) is 3.63. The molecule has 0 aromatic heterocycles. The molecule has 3 fully saturated rings. The summed E-state index contributed by atoms with van der Waals surface area (Å²) in [7, 11) is 3.26. The van der Waals surface area contributed by atoms with Crippen LogP contribution in [0.4, 0.5) is 4.79 Å². The van der Waals surface area contributed by atoms with Gasteiger partial charge < -0.3 is 34.9 Å². The fourth-order valence-corrected chi connectivity index (χ4v) is 8.10. The lowest BCUT2D eigenvalue weighted by atomic mass is 9.88. The van der Waals surface area contributed by atoms with E-state index >= 15 is 0 Å². The minimum absolute atomic E-state index is 0.0612. The highest BCUT2D eigenvalue weighted by molar-refractivity contribution is 5.96. The molecule has 260 valence electrons. The van der Waals surface area contributed by atoms with Gasteiger partial charge in [0, 0.05) is 13.5 Å². The molecule has 3 amide bonds. The Morgan fingerprint density at radius 1 is 0.917 bits per heavy atom. The number of carboxylic acid groups (broad SMARTS) is 1. The summed E-state index contributed by atoms with van der Waals surface area (Å²) in [6, 6.07) is 8.31. The molecular formula is C37H49N3O8. The van der Waals surface area contributed by atoms with Gasteiger partial charge in [0.2, 0.25) is 11.8 Å². The van der Waals surface area contributed by atoms with E-state index in [1.54, 1.807) is 14.2 Å². The van der Waals surface area contributed by atoms with E-state index in [2.05, 4.69) is 22.8 Å². The van der Waals surface area contributed by atoms with E-state index in [4.69, 9.17) is 14.2 Å². The molecule has 2 aromatic carbocycles. The first-order valence-corrected chi connectivity index (χ1v) is 17.7. The van der Waals surface area contributed by atoms with Crippen molar-refractivity contribution in [1.29, 1.82) is 0 Å². The number of hydrogen-bond acceptors (Lipinski definition) is 7. The molecule has 0 spiro atoms. The molecule has 11 heteroatoms. The maximum absolute atomic E-state index is 14.5. The van der Waals surface area contributed by atoms with Gasteiger partial charge in [-0.2, -0.15) is 0 Å². The Hall–Kier alpha value is -3.86. The van der Waals surface area contributed by atoms with Crippen molar-refractivity contribution in [2.45, 2.75) is 113 Å². The van der Waals surface area contributed by atoms with Crippen LogP contribution < -0.4 is 15.4 Å². The first-order chi connectivity index (χ1) is 23.2. The highest BCUT2D eigenvalue weighted by atomic mass is 16.5. The van der Waals surface area contributed by atoms with Crippen LogP contribution in [0.3, 0.4) is 0 Å². The number of nitrogens with zero attached hydrogens (tertiary/aromatic N) is 1. The number of benzene rings is 2. The van der Waals surface area contributed by atoms with Crippen molar-refractivity contribution in [2.24, 2.45) is 5.92 Å². The van der Waals surface area contributed by atoms with Crippen molar-refractivity contribution < 1.29 is 38.5 Å². The molecule has 1 saturated carbocycles. The molecule has 6 bridgehead atoms.